The van der Waals surface area contributed by atoms with E-state index < -0.39 is 7.12 Å². The third-order valence-electron chi connectivity index (χ3n) is 3.67. The van der Waals surface area contributed by atoms with E-state index in [0.29, 0.717) is 11.2 Å². The highest BCUT2D eigenvalue weighted by molar-refractivity contribution is 6.60. The largest absolute Gasteiger partial charge is 0.508 e. The van der Waals surface area contributed by atoms with Crippen LogP contribution >= 0.6 is 0 Å². The van der Waals surface area contributed by atoms with Gasteiger partial charge in [0.25, 0.3) is 0 Å². The predicted molar refractivity (Wildman–Crippen MR) is 94.3 cm³/mol. The fourth-order valence-electron chi connectivity index (χ4n) is 2.54. The lowest BCUT2D eigenvalue weighted by molar-refractivity contribution is 0.426. The molecule has 0 saturated carbocycles. The SMILES string of the molecule is OB(O)c1ccccc1N(c1ccc(O)cc1)c1ccc(O)cc1. The number of hydrogen-bond donors (Lipinski definition) is 4. The van der Waals surface area contributed by atoms with Gasteiger partial charge in [-0.25, -0.2) is 0 Å². The Hall–Kier alpha value is -2.96. The van der Waals surface area contributed by atoms with Gasteiger partial charge >= 0.3 is 7.12 Å². The summed E-state index contributed by atoms with van der Waals surface area (Å²) >= 11 is 0. The van der Waals surface area contributed by atoms with Crippen LogP contribution in [0.1, 0.15) is 0 Å². The molecule has 24 heavy (non-hydrogen) atoms. The van der Waals surface area contributed by atoms with E-state index in [9.17, 15) is 20.3 Å². The first-order valence-corrected chi connectivity index (χ1v) is 7.39. The van der Waals surface area contributed by atoms with Crippen LogP contribution in [0, 0.1) is 0 Å². The van der Waals surface area contributed by atoms with Crippen LogP contribution in [-0.4, -0.2) is 27.4 Å². The molecule has 5 nitrogen and oxygen atoms in total. The molecule has 0 aliphatic carbocycles. The minimum Gasteiger partial charge on any atom is -0.508 e. The van der Waals surface area contributed by atoms with Crippen molar-refractivity contribution in [2.75, 3.05) is 4.90 Å². The molecule has 0 spiro atoms. The Bertz CT molecular complexity index is 774. The smallest absolute Gasteiger partial charge is 0.490 e. The van der Waals surface area contributed by atoms with Crippen LogP contribution in [-0.2, 0) is 0 Å². The average molecular weight is 321 g/mol. The average Bonchev–Trinajstić information content (AvgIpc) is 2.59. The Morgan fingerprint density at radius 2 is 1.08 bits per heavy atom. The summed E-state index contributed by atoms with van der Waals surface area (Å²) in [6.07, 6.45) is 0. The van der Waals surface area contributed by atoms with Crippen LogP contribution in [0.2, 0.25) is 0 Å². The Morgan fingerprint density at radius 3 is 1.54 bits per heavy atom. The van der Waals surface area contributed by atoms with Crippen molar-refractivity contribution in [2.45, 2.75) is 0 Å². The number of para-hydroxylation sites is 1. The molecule has 0 heterocycles. The maximum Gasteiger partial charge on any atom is 0.490 e. The first kappa shape index (κ1) is 15.9. The molecular formula is C18H16BNO4. The van der Waals surface area contributed by atoms with E-state index in [-0.39, 0.29) is 11.5 Å². The van der Waals surface area contributed by atoms with Crippen molar-refractivity contribution in [1.29, 1.82) is 0 Å². The highest BCUT2D eigenvalue weighted by Gasteiger charge is 2.21. The molecule has 120 valence electrons. The summed E-state index contributed by atoms with van der Waals surface area (Å²) in [5.74, 6) is 0.278. The van der Waals surface area contributed by atoms with Gasteiger partial charge in [-0.1, -0.05) is 18.2 Å². The predicted octanol–water partition coefficient (Wildman–Crippen LogP) is 2.25. The normalized spacial score (nSPS) is 10.4. The van der Waals surface area contributed by atoms with Crippen LogP contribution < -0.4 is 10.4 Å². The van der Waals surface area contributed by atoms with Crippen molar-refractivity contribution in [3.63, 3.8) is 0 Å². The van der Waals surface area contributed by atoms with Gasteiger partial charge in [-0.15, -0.1) is 0 Å². The molecule has 3 aromatic rings. The van der Waals surface area contributed by atoms with Crippen LogP contribution in [0.25, 0.3) is 0 Å². The van der Waals surface area contributed by atoms with Gasteiger partial charge < -0.3 is 25.2 Å². The first-order chi connectivity index (χ1) is 11.6. The number of nitrogens with zero attached hydrogens (tertiary/aromatic N) is 1. The maximum absolute atomic E-state index is 9.68. The first-order valence-electron chi connectivity index (χ1n) is 7.39. The Morgan fingerprint density at radius 1 is 0.625 bits per heavy atom. The molecule has 4 N–H and O–H groups in total. The molecule has 0 aliphatic rings. The van der Waals surface area contributed by atoms with Gasteiger partial charge in [-0.05, 0) is 54.6 Å². The van der Waals surface area contributed by atoms with Gasteiger partial charge in [0.15, 0.2) is 0 Å². The van der Waals surface area contributed by atoms with E-state index in [4.69, 9.17) is 0 Å². The monoisotopic (exact) mass is 321 g/mol. The quantitative estimate of drug-likeness (QED) is 0.554. The number of rotatable bonds is 4. The zero-order valence-corrected chi connectivity index (χ0v) is 12.7. The fourth-order valence-corrected chi connectivity index (χ4v) is 2.54. The summed E-state index contributed by atoms with van der Waals surface area (Å²) in [5, 5.41) is 38.4. The molecule has 0 bridgehead atoms. The van der Waals surface area contributed by atoms with Crippen molar-refractivity contribution >= 4 is 29.6 Å². The third kappa shape index (κ3) is 3.20. The Kier molecular flexibility index (Phi) is 4.42. The van der Waals surface area contributed by atoms with Crippen LogP contribution in [0.5, 0.6) is 11.5 Å². The highest BCUT2D eigenvalue weighted by Crippen LogP contribution is 2.34. The second-order valence-corrected chi connectivity index (χ2v) is 5.30. The fraction of sp³-hybridized carbons (Fsp3) is 0. The van der Waals surface area contributed by atoms with Crippen molar-refractivity contribution in [3.05, 3.63) is 72.8 Å². The molecule has 0 aliphatic heterocycles. The molecule has 0 amide bonds. The molecule has 0 saturated heterocycles. The molecule has 3 aromatic carbocycles. The number of hydrogen-bond acceptors (Lipinski definition) is 5. The van der Waals surface area contributed by atoms with E-state index in [1.54, 1.807) is 72.8 Å². The summed E-state index contributed by atoms with van der Waals surface area (Å²) in [6.45, 7) is 0. The Balaban J connectivity index is 2.19. The van der Waals surface area contributed by atoms with Gasteiger partial charge in [-0.3, -0.25) is 0 Å². The number of anilines is 3. The molecular weight excluding hydrogens is 305 g/mol. The van der Waals surface area contributed by atoms with E-state index in [2.05, 4.69) is 0 Å². The molecule has 3 rings (SSSR count). The standard InChI is InChI=1S/C18H16BNO4/c21-15-9-5-13(6-10-15)20(14-7-11-16(22)12-8-14)18-4-2-1-3-17(18)19(23)24/h1-12,21-24H. The summed E-state index contributed by atoms with van der Waals surface area (Å²) in [7, 11) is -1.63. The van der Waals surface area contributed by atoms with Gasteiger partial charge in [0, 0.05) is 22.5 Å². The van der Waals surface area contributed by atoms with E-state index in [1.165, 1.54) is 0 Å². The zero-order valence-electron chi connectivity index (χ0n) is 12.7. The number of aromatic hydroxyl groups is 2. The zero-order chi connectivity index (χ0) is 17.1. The van der Waals surface area contributed by atoms with Crippen molar-refractivity contribution in [1.82, 2.24) is 0 Å². The summed E-state index contributed by atoms with van der Waals surface area (Å²) in [4.78, 5) is 1.81. The number of phenols is 2. The minimum absolute atomic E-state index is 0.139. The Labute approximate surface area is 139 Å². The van der Waals surface area contributed by atoms with Gasteiger partial charge in [0.2, 0.25) is 0 Å². The molecule has 0 unspecified atom stereocenters. The van der Waals surface area contributed by atoms with Gasteiger partial charge in [-0.2, -0.15) is 0 Å². The minimum atomic E-state index is -1.63. The molecule has 0 fully saturated rings. The van der Waals surface area contributed by atoms with E-state index in [1.807, 2.05) is 4.90 Å². The highest BCUT2D eigenvalue weighted by atomic mass is 16.4. The van der Waals surface area contributed by atoms with Crippen LogP contribution in [0.3, 0.4) is 0 Å². The van der Waals surface area contributed by atoms with Crippen molar-refractivity contribution < 1.29 is 20.3 Å². The number of phenolic OH excluding ortho intramolecular Hbond substituents is 2. The summed E-state index contributed by atoms with van der Waals surface area (Å²) in [6, 6.07) is 20.1. The summed E-state index contributed by atoms with van der Waals surface area (Å²) in [5.41, 5.74) is 2.39. The van der Waals surface area contributed by atoms with Crippen LogP contribution in [0.15, 0.2) is 72.8 Å². The van der Waals surface area contributed by atoms with Gasteiger partial charge in [0.1, 0.15) is 11.5 Å². The number of benzene rings is 3. The second kappa shape index (κ2) is 6.66. The lowest BCUT2D eigenvalue weighted by Gasteiger charge is -2.27. The lowest BCUT2D eigenvalue weighted by Crippen LogP contribution is -2.34. The van der Waals surface area contributed by atoms with Gasteiger partial charge in [0.05, 0.1) is 0 Å². The third-order valence-corrected chi connectivity index (χ3v) is 3.67. The van der Waals surface area contributed by atoms with Crippen LogP contribution in [0.4, 0.5) is 17.1 Å². The topological polar surface area (TPSA) is 84.2 Å². The van der Waals surface area contributed by atoms with E-state index >= 15 is 0 Å². The molecule has 0 aromatic heterocycles. The van der Waals surface area contributed by atoms with Crippen molar-refractivity contribution in [2.24, 2.45) is 0 Å². The lowest BCUT2D eigenvalue weighted by atomic mass is 9.78. The molecule has 6 heteroatoms. The summed E-state index contributed by atoms with van der Waals surface area (Å²) < 4.78 is 0. The van der Waals surface area contributed by atoms with Crippen molar-refractivity contribution in [3.8, 4) is 11.5 Å². The van der Waals surface area contributed by atoms with E-state index in [0.717, 1.165) is 11.4 Å². The maximum atomic E-state index is 9.68. The second-order valence-electron chi connectivity index (χ2n) is 5.30. The molecule has 0 atom stereocenters. The molecule has 0 radical (unpaired) electrons.